The first-order chi connectivity index (χ1) is 8.19. The Bertz CT molecular complexity index is 441. The first kappa shape index (κ1) is 14.6. The molecule has 2 N–H and O–H groups in total. The number of benzene rings is 1. The predicted molar refractivity (Wildman–Crippen MR) is 63.9 cm³/mol. The highest BCUT2D eigenvalue weighted by molar-refractivity contribution is 5.76. The zero-order chi connectivity index (χ0) is 13.9. The van der Waals surface area contributed by atoms with Gasteiger partial charge in [-0.1, -0.05) is 6.07 Å². The Morgan fingerprint density at radius 1 is 1.39 bits per heavy atom. The summed E-state index contributed by atoms with van der Waals surface area (Å²) in [7, 11) is 0. The van der Waals surface area contributed by atoms with E-state index in [1.807, 2.05) is 0 Å². The number of rotatable bonds is 3. The van der Waals surface area contributed by atoms with E-state index in [-0.39, 0.29) is 12.0 Å². The molecule has 0 unspecified atom stereocenters. The Hall–Kier alpha value is -1.49. The Morgan fingerprint density at radius 2 is 2.00 bits per heavy atom. The molecule has 0 heterocycles. The third kappa shape index (κ3) is 4.41. The Balaban J connectivity index is 2.69. The van der Waals surface area contributed by atoms with Gasteiger partial charge < -0.3 is 10.5 Å². The van der Waals surface area contributed by atoms with Gasteiger partial charge >= 0.3 is 5.97 Å². The van der Waals surface area contributed by atoms with Gasteiger partial charge in [-0.15, -0.1) is 0 Å². The summed E-state index contributed by atoms with van der Waals surface area (Å²) in [6.45, 7) is 5.16. The first-order valence-electron chi connectivity index (χ1n) is 5.61. The fraction of sp³-hybridized carbons (Fsp3) is 0.462. The van der Waals surface area contributed by atoms with Crippen molar-refractivity contribution in [2.75, 3.05) is 0 Å². The van der Waals surface area contributed by atoms with Crippen molar-refractivity contribution in [1.29, 1.82) is 0 Å². The van der Waals surface area contributed by atoms with Crippen LogP contribution in [0.5, 0.6) is 0 Å². The predicted octanol–water partition coefficient (Wildman–Crippen LogP) is 2.18. The van der Waals surface area contributed by atoms with Crippen molar-refractivity contribution in [3.05, 3.63) is 35.4 Å². The molecular weight excluding hydrogens is 240 g/mol. The van der Waals surface area contributed by atoms with Crippen LogP contribution >= 0.6 is 0 Å². The van der Waals surface area contributed by atoms with Gasteiger partial charge in [0.05, 0.1) is 0 Å². The second-order valence-corrected chi connectivity index (χ2v) is 5.08. The monoisotopic (exact) mass is 257 g/mol. The molecule has 0 saturated heterocycles. The summed E-state index contributed by atoms with van der Waals surface area (Å²) in [6, 6.07) is 2.19. The van der Waals surface area contributed by atoms with Gasteiger partial charge in [0, 0.05) is 12.5 Å². The van der Waals surface area contributed by atoms with Gasteiger partial charge in [-0.25, -0.2) is 8.78 Å². The molecule has 1 aromatic rings. The number of nitrogens with two attached hydrogens (primary N) is 1. The van der Waals surface area contributed by atoms with E-state index in [9.17, 15) is 13.6 Å². The van der Waals surface area contributed by atoms with Crippen molar-refractivity contribution in [2.24, 2.45) is 5.73 Å². The number of ether oxygens (including phenoxy) is 1. The fourth-order valence-electron chi connectivity index (χ4n) is 1.38. The Kier molecular flexibility index (Phi) is 4.40. The van der Waals surface area contributed by atoms with E-state index in [0.717, 1.165) is 12.1 Å². The van der Waals surface area contributed by atoms with E-state index in [0.29, 0.717) is 0 Å². The van der Waals surface area contributed by atoms with Gasteiger partial charge in [0.2, 0.25) is 0 Å². The number of carbonyl (C=O) groups excluding carboxylic acids is 1. The molecule has 3 nitrogen and oxygen atoms in total. The minimum Gasteiger partial charge on any atom is -0.459 e. The summed E-state index contributed by atoms with van der Waals surface area (Å²) < 4.78 is 31.1. The molecule has 0 saturated carbocycles. The lowest BCUT2D eigenvalue weighted by Crippen LogP contribution is -2.39. The third-order valence-electron chi connectivity index (χ3n) is 2.16. The van der Waals surface area contributed by atoms with Crippen LogP contribution in [0.15, 0.2) is 18.2 Å². The van der Waals surface area contributed by atoms with Gasteiger partial charge in [0.15, 0.2) is 0 Å². The molecule has 1 atom stereocenters. The van der Waals surface area contributed by atoms with Crippen molar-refractivity contribution < 1.29 is 18.3 Å². The number of hydrogen-bond acceptors (Lipinski definition) is 3. The van der Waals surface area contributed by atoms with Gasteiger partial charge in [0.25, 0.3) is 0 Å². The quantitative estimate of drug-likeness (QED) is 0.844. The standard InChI is InChI=1S/C13H17F2NO2/c1-13(2,3)18-12(17)11(16)6-8-4-5-9(14)7-10(8)15/h4-5,7,11H,6,16H2,1-3H3/t11-/m0/s1. The Labute approximate surface area is 105 Å². The normalized spacial score (nSPS) is 13.2. The molecule has 0 fully saturated rings. The smallest absolute Gasteiger partial charge is 0.323 e. The van der Waals surface area contributed by atoms with E-state index in [4.69, 9.17) is 10.5 Å². The number of carbonyl (C=O) groups is 1. The van der Waals surface area contributed by atoms with Crippen LogP contribution in [0.2, 0.25) is 0 Å². The molecule has 0 aromatic heterocycles. The topological polar surface area (TPSA) is 52.3 Å². The highest BCUT2D eigenvalue weighted by Gasteiger charge is 2.23. The first-order valence-corrected chi connectivity index (χ1v) is 5.61. The zero-order valence-electron chi connectivity index (χ0n) is 10.7. The SMILES string of the molecule is CC(C)(C)OC(=O)[C@@H](N)Cc1ccc(F)cc1F. The molecule has 18 heavy (non-hydrogen) atoms. The van der Waals surface area contributed by atoms with Crippen molar-refractivity contribution in [1.82, 2.24) is 0 Å². The lowest BCUT2D eigenvalue weighted by molar-refractivity contribution is -0.156. The van der Waals surface area contributed by atoms with Crippen LogP contribution in [0.3, 0.4) is 0 Å². The van der Waals surface area contributed by atoms with Crippen LogP contribution in [0.25, 0.3) is 0 Å². The molecule has 0 amide bonds. The van der Waals surface area contributed by atoms with Crippen LogP contribution < -0.4 is 5.73 Å². The largest absolute Gasteiger partial charge is 0.459 e. The van der Waals surface area contributed by atoms with Crippen LogP contribution in [0.4, 0.5) is 8.78 Å². The lowest BCUT2D eigenvalue weighted by atomic mass is 10.1. The average Bonchev–Trinajstić information content (AvgIpc) is 2.19. The molecule has 0 radical (unpaired) electrons. The molecule has 1 rings (SSSR count). The molecule has 0 bridgehead atoms. The fourth-order valence-corrected chi connectivity index (χ4v) is 1.38. The molecular formula is C13H17F2NO2. The van der Waals surface area contributed by atoms with E-state index in [2.05, 4.69) is 0 Å². The molecule has 0 aliphatic heterocycles. The van der Waals surface area contributed by atoms with Crippen LogP contribution in [-0.4, -0.2) is 17.6 Å². The summed E-state index contributed by atoms with van der Waals surface area (Å²) >= 11 is 0. The van der Waals surface area contributed by atoms with Crippen LogP contribution in [-0.2, 0) is 16.0 Å². The van der Waals surface area contributed by atoms with E-state index in [1.54, 1.807) is 20.8 Å². The number of hydrogen-bond donors (Lipinski definition) is 1. The molecule has 100 valence electrons. The maximum atomic E-state index is 13.4. The summed E-state index contributed by atoms with van der Waals surface area (Å²) in [5, 5.41) is 0. The minimum atomic E-state index is -0.968. The third-order valence-corrected chi connectivity index (χ3v) is 2.16. The molecule has 0 aliphatic rings. The molecule has 0 aliphatic carbocycles. The zero-order valence-corrected chi connectivity index (χ0v) is 10.7. The van der Waals surface area contributed by atoms with Crippen LogP contribution in [0, 0.1) is 11.6 Å². The van der Waals surface area contributed by atoms with E-state index < -0.39 is 29.2 Å². The van der Waals surface area contributed by atoms with Gasteiger partial charge in [-0.05, 0) is 32.4 Å². The highest BCUT2D eigenvalue weighted by atomic mass is 19.1. The maximum absolute atomic E-state index is 13.4. The van der Waals surface area contributed by atoms with Crippen molar-refractivity contribution in [2.45, 2.75) is 38.8 Å². The highest BCUT2D eigenvalue weighted by Crippen LogP contribution is 2.13. The molecule has 1 aromatic carbocycles. The molecule has 5 heteroatoms. The summed E-state index contributed by atoms with van der Waals surface area (Å²) in [5.74, 6) is -1.98. The second-order valence-electron chi connectivity index (χ2n) is 5.08. The van der Waals surface area contributed by atoms with Gasteiger partial charge in [0.1, 0.15) is 23.3 Å². The average molecular weight is 257 g/mol. The lowest BCUT2D eigenvalue weighted by Gasteiger charge is -2.22. The summed E-state index contributed by atoms with van der Waals surface area (Å²) in [5.41, 5.74) is 5.18. The van der Waals surface area contributed by atoms with E-state index >= 15 is 0 Å². The number of esters is 1. The molecule has 0 spiro atoms. The van der Waals surface area contributed by atoms with Crippen molar-refractivity contribution in [3.63, 3.8) is 0 Å². The van der Waals surface area contributed by atoms with Gasteiger partial charge in [-0.3, -0.25) is 4.79 Å². The van der Waals surface area contributed by atoms with Crippen molar-refractivity contribution in [3.8, 4) is 0 Å². The van der Waals surface area contributed by atoms with E-state index in [1.165, 1.54) is 6.07 Å². The van der Waals surface area contributed by atoms with Crippen molar-refractivity contribution >= 4 is 5.97 Å². The minimum absolute atomic E-state index is 0.0268. The number of halogens is 2. The summed E-state index contributed by atoms with van der Waals surface area (Å²) in [6.07, 6.45) is -0.0268. The Morgan fingerprint density at radius 3 is 2.50 bits per heavy atom. The second kappa shape index (κ2) is 5.44. The van der Waals surface area contributed by atoms with Gasteiger partial charge in [-0.2, -0.15) is 0 Å². The van der Waals surface area contributed by atoms with Crippen LogP contribution in [0.1, 0.15) is 26.3 Å². The summed E-state index contributed by atoms with van der Waals surface area (Å²) in [4.78, 5) is 11.6. The maximum Gasteiger partial charge on any atom is 0.323 e.